The van der Waals surface area contributed by atoms with Crippen LogP contribution in [0, 0.1) is 5.82 Å². The minimum Gasteiger partial charge on any atom is -0.491 e. The van der Waals surface area contributed by atoms with Crippen molar-refractivity contribution in [2.24, 2.45) is 0 Å². The summed E-state index contributed by atoms with van der Waals surface area (Å²) in [5.74, 6) is 0.280. The Morgan fingerprint density at radius 3 is 2.82 bits per heavy atom. The maximum Gasteiger partial charge on any atom is 0.125 e. The van der Waals surface area contributed by atoms with Crippen molar-refractivity contribution < 1.29 is 14.2 Å². The molecular formula is C13H16FNO2. The van der Waals surface area contributed by atoms with Crippen molar-refractivity contribution in [3.05, 3.63) is 29.6 Å². The Labute approximate surface area is 99.8 Å². The second-order valence-electron chi connectivity index (χ2n) is 4.75. The molecule has 2 unspecified atom stereocenters. The zero-order valence-corrected chi connectivity index (χ0v) is 9.60. The van der Waals surface area contributed by atoms with Crippen LogP contribution in [0.5, 0.6) is 5.75 Å². The molecule has 1 aromatic carbocycles. The van der Waals surface area contributed by atoms with Crippen LogP contribution in [0.1, 0.15) is 24.5 Å². The van der Waals surface area contributed by atoms with Gasteiger partial charge in [0.2, 0.25) is 0 Å². The largest absolute Gasteiger partial charge is 0.491 e. The lowest BCUT2D eigenvalue weighted by molar-refractivity contribution is 0.0137. The Kier molecular flexibility index (Phi) is 2.76. The fourth-order valence-electron chi connectivity index (χ4n) is 2.73. The van der Waals surface area contributed by atoms with Gasteiger partial charge in [-0.15, -0.1) is 0 Å². The van der Waals surface area contributed by atoms with Crippen LogP contribution >= 0.6 is 0 Å². The topological polar surface area (TPSA) is 32.7 Å². The molecule has 0 radical (unpaired) electrons. The van der Waals surface area contributed by atoms with Crippen LogP contribution in [0.15, 0.2) is 18.2 Å². The van der Waals surface area contributed by atoms with E-state index in [2.05, 4.69) is 4.90 Å². The quantitative estimate of drug-likeness (QED) is 0.807. The van der Waals surface area contributed by atoms with Gasteiger partial charge in [-0.3, -0.25) is 4.90 Å². The summed E-state index contributed by atoms with van der Waals surface area (Å²) in [7, 11) is 0. The molecule has 2 heterocycles. The number of hydrogen-bond acceptors (Lipinski definition) is 3. The standard InChI is InChI=1S/C13H16FNO2/c14-9-3-4-12-10(7-9)13(16)11(8-17-12)15-5-1-2-6-15/h3-4,7,11,13,16H,1-2,5-6,8H2. The first-order valence-electron chi connectivity index (χ1n) is 6.10. The molecule has 3 rings (SSSR count). The summed E-state index contributed by atoms with van der Waals surface area (Å²) >= 11 is 0. The molecule has 17 heavy (non-hydrogen) atoms. The van der Waals surface area contributed by atoms with Gasteiger partial charge in [-0.05, 0) is 44.1 Å². The molecule has 0 amide bonds. The molecule has 0 spiro atoms. The third-order valence-electron chi connectivity index (χ3n) is 3.67. The van der Waals surface area contributed by atoms with E-state index in [9.17, 15) is 9.50 Å². The first-order chi connectivity index (χ1) is 8.25. The number of aliphatic hydroxyl groups excluding tert-OH is 1. The van der Waals surface area contributed by atoms with Crippen molar-refractivity contribution in [1.82, 2.24) is 4.90 Å². The monoisotopic (exact) mass is 237 g/mol. The maximum atomic E-state index is 13.2. The van der Waals surface area contributed by atoms with Gasteiger partial charge in [0.1, 0.15) is 24.3 Å². The Morgan fingerprint density at radius 2 is 2.06 bits per heavy atom. The van der Waals surface area contributed by atoms with E-state index in [1.54, 1.807) is 6.07 Å². The highest BCUT2D eigenvalue weighted by Crippen LogP contribution is 2.35. The molecule has 3 nitrogen and oxygen atoms in total. The summed E-state index contributed by atoms with van der Waals surface area (Å²) in [4.78, 5) is 2.23. The highest BCUT2D eigenvalue weighted by atomic mass is 19.1. The predicted molar refractivity (Wildman–Crippen MR) is 61.4 cm³/mol. The minimum atomic E-state index is -0.646. The van der Waals surface area contributed by atoms with Gasteiger partial charge in [-0.1, -0.05) is 0 Å². The molecule has 1 fully saturated rings. The van der Waals surface area contributed by atoms with Crippen LogP contribution in [0.2, 0.25) is 0 Å². The van der Waals surface area contributed by atoms with Crippen molar-refractivity contribution in [2.45, 2.75) is 25.0 Å². The van der Waals surface area contributed by atoms with Crippen LogP contribution in [-0.2, 0) is 0 Å². The van der Waals surface area contributed by atoms with Gasteiger partial charge in [0.15, 0.2) is 0 Å². The number of fused-ring (bicyclic) bond motifs is 1. The van der Waals surface area contributed by atoms with Crippen molar-refractivity contribution in [3.8, 4) is 5.75 Å². The third-order valence-corrected chi connectivity index (χ3v) is 3.67. The molecular weight excluding hydrogens is 221 g/mol. The van der Waals surface area contributed by atoms with E-state index in [1.807, 2.05) is 0 Å². The van der Waals surface area contributed by atoms with Crippen LogP contribution in [0.25, 0.3) is 0 Å². The third kappa shape index (κ3) is 1.91. The number of halogens is 1. The highest BCUT2D eigenvalue weighted by Gasteiger charge is 2.34. The first-order valence-corrected chi connectivity index (χ1v) is 6.10. The molecule has 0 bridgehead atoms. The van der Waals surface area contributed by atoms with Gasteiger partial charge >= 0.3 is 0 Å². The molecule has 0 aliphatic carbocycles. The van der Waals surface area contributed by atoms with Crippen molar-refractivity contribution in [2.75, 3.05) is 19.7 Å². The zero-order valence-electron chi connectivity index (χ0n) is 9.60. The minimum absolute atomic E-state index is 0.0354. The fourth-order valence-corrected chi connectivity index (χ4v) is 2.73. The lowest BCUT2D eigenvalue weighted by Gasteiger charge is -2.36. The molecule has 92 valence electrons. The maximum absolute atomic E-state index is 13.2. The van der Waals surface area contributed by atoms with Gasteiger partial charge in [-0.2, -0.15) is 0 Å². The van der Waals surface area contributed by atoms with Gasteiger partial charge in [-0.25, -0.2) is 4.39 Å². The van der Waals surface area contributed by atoms with Crippen LogP contribution in [-0.4, -0.2) is 35.7 Å². The van der Waals surface area contributed by atoms with E-state index < -0.39 is 6.10 Å². The fraction of sp³-hybridized carbons (Fsp3) is 0.538. The number of hydrogen-bond donors (Lipinski definition) is 1. The zero-order chi connectivity index (χ0) is 11.8. The number of benzene rings is 1. The Morgan fingerprint density at radius 1 is 1.29 bits per heavy atom. The number of likely N-dealkylation sites (tertiary alicyclic amines) is 1. The van der Waals surface area contributed by atoms with Crippen molar-refractivity contribution in [3.63, 3.8) is 0 Å². The first kappa shape index (κ1) is 11.0. The van der Waals surface area contributed by atoms with E-state index in [0.717, 1.165) is 13.1 Å². The second kappa shape index (κ2) is 4.27. The predicted octanol–water partition coefficient (Wildman–Crippen LogP) is 1.72. The molecule has 0 aromatic heterocycles. The summed E-state index contributed by atoms with van der Waals surface area (Å²) in [5.41, 5.74) is 0.577. The molecule has 1 aromatic rings. The number of aliphatic hydroxyl groups is 1. The van der Waals surface area contributed by atoms with E-state index in [1.165, 1.54) is 25.0 Å². The lowest BCUT2D eigenvalue weighted by Crippen LogP contribution is -2.44. The number of ether oxygens (including phenoxy) is 1. The molecule has 4 heteroatoms. The summed E-state index contributed by atoms with van der Waals surface area (Å²) < 4.78 is 18.8. The van der Waals surface area contributed by atoms with Crippen LogP contribution in [0.4, 0.5) is 4.39 Å². The normalized spacial score (nSPS) is 28.8. The van der Waals surface area contributed by atoms with Gasteiger partial charge in [0, 0.05) is 5.56 Å². The smallest absolute Gasteiger partial charge is 0.125 e. The van der Waals surface area contributed by atoms with Crippen LogP contribution in [0.3, 0.4) is 0 Å². The van der Waals surface area contributed by atoms with E-state index in [4.69, 9.17) is 4.74 Å². The summed E-state index contributed by atoms with van der Waals surface area (Å²) in [6.45, 7) is 2.48. The Hall–Kier alpha value is -1.13. The molecule has 2 aliphatic heterocycles. The highest BCUT2D eigenvalue weighted by molar-refractivity contribution is 5.38. The second-order valence-corrected chi connectivity index (χ2v) is 4.75. The van der Waals surface area contributed by atoms with Gasteiger partial charge in [0.05, 0.1) is 6.04 Å². The Bertz CT molecular complexity index is 418. The number of nitrogens with zero attached hydrogens (tertiary/aromatic N) is 1. The van der Waals surface area contributed by atoms with Gasteiger partial charge in [0.25, 0.3) is 0 Å². The molecule has 0 saturated carbocycles. The molecule has 1 saturated heterocycles. The van der Waals surface area contributed by atoms with Crippen LogP contribution < -0.4 is 4.74 Å². The lowest BCUT2D eigenvalue weighted by atomic mass is 9.98. The Balaban J connectivity index is 1.88. The average molecular weight is 237 g/mol. The van der Waals surface area contributed by atoms with E-state index >= 15 is 0 Å². The molecule has 2 aliphatic rings. The van der Waals surface area contributed by atoms with Crippen molar-refractivity contribution in [1.29, 1.82) is 0 Å². The summed E-state index contributed by atoms with van der Waals surface area (Å²) in [6.07, 6.45) is 1.69. The molecule has 1 N–H and O–H groups in total. The average Bonchev–Trinajstić information content (AvgIpc) is 2.84. The summed E-state index contributed by atoms with van der Waals surface area (Å²) in [5, 5.41) is 10.3. The SMILES string of the molecule is OC1c2cc(F)ccc2OCC1N1CCCC1. The van der Waals surface area contributed by atoms with E-state index in [-0.39, 0.29) is 11.9 Å². The number of rotatable bonds is 1. The van der Waals surface area contributed by atoms with E-state index in [0.29, 0.717) is 17.9 Å². The van der Waals surface area contributed by atoms with Gasteiger partial charge < -0.3 is 9.84 Å². The molecule has 2 atom stereocenters. The van der Waals surface area contributed by atoms with Crippen molar-refractivity contribution >= 4 is 0 Å². The summed E-state index contributed by atoms with van der Waals surface area (Å²) in [6, 6.07) is 4.30.